The van der Waals surface area contributed by atoms with Crippen molar-refractivity contribution in [3.63, 3.8) is 0 Å². The lowest BCUT2D eigenvalue weighted by atomic mass is 10.1. The molecular formula is C12H12ClF2NO4. The first-order chi connectivity index (χ1) is 9.43. The number of benzene rings is 1. The van der Waals surface area contributed by atoms with Crippen molar-refractivity contribution < 1.29 is 28.2 Å². The number of nitrogens with one attached hydrogen (secondary N) is 1. The molecule has 2 N–H and O–H groups in total. The van der Waals surface area contributed by atoms with E-state index in [1.165, 1.54) is 12.1 Å². The van der Waals surface area contributed by atoms with E-state index in [1.807, 2.05) is 5.32 Å². The molecule has 20 heavy (non-hydrogen) atoms. The third-order valence-corrected chi connectivity index (χ3v) is 2.88. The summed E-state index contributed by atoms with van der Waals surface area (Å²) in [5.41, 5.74) is 0.0768. The normalized spacial score (nSPS) is 14.0. The summed E-state index contributed by atoms with van der Waals surface area (Å²) in [5, 5.41) is 10.6. The predicted molar refractivity (Wildman–Crippen MR) is 66.8 cm³/mol. The minimum atomic E-state index is -3.37. The van der Waals surface area contributed by atoms with Gasteiger partial charge >= 0.3 is 0 Å². The van der Waals surface area contributed by atoms with E-state index in [-0.39, 0.29) is 10.6 Å². The zero-order valence-electron chi connectivity index (χ0n) is 10.3. The van der Waals surface area contributed by atoms with Gasteiger partial charge in [-0.1, -0.05) is 11.6 Å². The van der Waals surface area contributed by atoms with Crippen molar-refractivity contribution in [3.8, 4) is 11.5 Å². The third kappa shape index (κ3) is 3.29. The smallest absolute Gasteiger partial charge is 0.287 e. The van der Waals surface area contributed by atoms with E-state index in [0.29, 0.717) is 24.7 Å². The maximum Gasteiger partial charge on any atom is 0.287 e. The molecule has 8 heteroatoms. The van der Waals surface area contributed by atoms with Gasteiger partial charge in [-0.15, -0.1) is 0 Å². The molecule has 0 aromatic heterocycles. The van der Waals surface area contributed by atoms with Crippen LogP contribution in [0.3, 0.4) is 0 Å². The highest BCUT2D eigenvalue weighted by Crippen LogP contribution is 2.38. The number of hydrogen-bond donors (Lipinski definition) is 2. The molecule has 1 heterocycles. The monoisotopic (exact) mass is 307 g/mol. The van der Waals surface area contributed by atoms with E-state index in [1.54, 1.807) is 0 Å². The molecule has 0 atom stereocenters. The first kappa shape index (κ1) is 14.8. The van der Waals surface area contributed by atoms with Crippen molar-refractivity contribution in [2.75, 3.05) is 26.4 Å². The van der Waals surface area contributed by atoms with E-state index in [0.717, 1.165) is 0 Å². The summed E-state index contributed by atoms with van der Waals surface area (Å²) in [6.07, 6.45) is 0. The molecule has 0 saturated carbocycles. The van der Waals surface area contributed by atoms with E-state index in [9.17, 15) is 13.6 Å². The summed E-state index contributed by atoms with van der Waals surface area (Å²) in [6.45, 7) is -1.64. The maximum absolute atomic E-state index is 12.8. The third-order valence-electron chi connectivity index (χ3n) is 2.60. The highest BCUT2D eigenvalue weighted by atomic mass is 35.5. The van der Waals surface area contributed by atoms with Gasteiger partial charge in [0.25, 0.3) is 11.8 Å². The van der Waals surface area contributed by atoms with Gasteiger partial charge in [0.2, 0.25) is 0 Å². The molecule has 5 nitrogen and oxygen atoms in total. The Bertz CT molecular complexity index is 524. The number of amides is 1. The van der Waals surface area contributed by atoms with Crippen molar-refractivity contribution in [1.29, 1.82) is 0 Å². The topological polar surface area (TPSA) is 67.8 Å². The van der Waals surface area contributed by atoms with E-state index < -0.39 is 25.0 Å². The number of rotatable bonds is 4. The summed E-state index contributed by atoms with van der Waals surface area (Å²) in [6, 6.07) is 2.67. The molecular weight excluding hydrogens is 296 g/mol. The summed E-state index contributed by atoms with van der Waals surface area (Å²) in [4.78, 5) is 11.8. The molecule has 2 rings (SSSR count). The number of carbonyl (C=O) groups excluding carboxylic acids is 1. The predicted octanol–water partition coefficient (Wildman–Crippen LogP) is 1.47. The minimum Gasteiger partial charge on any atom is -0.486 e. The fourth-order valence-corrected chi connectivity index (χ4v) is 1.87. The van der Waals surface area contributed by atoms with Crippen LogP contribution in [0.15, 0.2) is 12.1 Å². The van der Waals surface area contributed by atoms with Gasteiger partial charge in [-0.25, -0.2) is 8.78 Å². The zero-order valence-corrected chi connectivity index (χ0v) is 11.0. The van der Waals surface area contributed by atoms with Gasteiger partial charge in [-0.05, 0) is 12.1 Å². The molecule has 0 radical (unpaired) electrons. The highest BCUT2D eigenvalue weighted by molar-refractivity contribution is 6.32. The summed E-state index contributed by atoms with van der Waals surface area (Å²) >= 11 is 5.94. The van der Waals surface area contributed by atoms with E-state index in [4.69, 9.17) is 26.2 Å². The second kappa shape index (κ2) is 5.80. The average Bonchev–Trinajstić information content (AvgIpc) is 2.45. The second-order valence-corrected chi connectivity index (χ2v) is 4.59. The van der Waals surface area contributed by atoms with Gasteiger partial charge in [-0.3, -0.25) is 4.79 Å². The average molecular weight is 308 g/mol. The van der Waals surface area contributed by atoms with Gasteiger partial charge in [-0.2, -0.15) is 0 Å². The Morgan fingerprint density at radius 2 is 2.10 bits per heavy atom. The standard InChI is InChI=1S/C12H12ClF2NO4/c13-8-3-7(4-9-10(8)20-2-1-19-9)11(18)16-5-12(14,15)6-17/h3-4,17H,1-2,5-6H2,(H,16,18). The zero-order chi connectivity index (χ0) is 14.8. The second-order valence-electron chi connectivity index (χ2n) is 4.18. The lowest BCUT2D eigenvalue weighted by molar-refractivity contribution is -0.0462. The summed E-state index contributed by atoms with van der Waals surface area (Å²) in [5.74, 6) is -3.48. The number of halogens is 3. The van der Waals surface area contributed by atoms with Crippen LogP contribution in [0.25, 0.3) is 0 Å². The molecule has 0 bridgehead atoms. The van der Waals surface area contributed by atoms with Crippen molar-refractivity contribution in [3.05, 3.63) is 22.7 Å². The Morgan fingerprint density at radius 1 is 1.40 bits per heavy atom. The van der Waals surface area contributed by atoms with Crippen molar-refractivity contribution >= 4 is 17.5 Å². The van der Waals surface area contributed by atoms with Gasteiger partial charge < -0.3 is 19.9 Å². The van der Waals surface area contributed by atoms with Crippen LogP contribution in [0.1, 0.15) is 10.4 Å². The Morgan fingerprint density at radius 3 is 2.80 bits per heavy atom. The molecule has 1 aliphatic heterocycles. The molecule has 0 fully saturated rings. The number of alkyl halides is 2. The quantitative estimate of drug-likeness (QED) is 0.884. The van der Waals surface area contributed by atoms with Crippen LogP contribution in [0.5, 0.6) is 11.5 Å². The first-order valence-corrected chi connectivity index (χ1v) is 6.17. The molecule has 110 valence electrons. The SMILES string of the molecule is O=C(NCC(F)(F)CO)c1cc(Cl)c2c(c1)OCCO2. The van der Waals surface area contributed by atoms with E-state index in [2.05, 4.69) is 0 Å². The minimum absolute atomic E-state index is 0.0768. The molecule has 1 aromatic rings. The fraction of sp³-hybridized carbons (Fsp3) is 0.417. The summed E-state index contributed by atoms with van der Waals surface area (Å²) in [7, 11) is 0. The first-order valence-electron chi connectivity index (χ1n) is 5.79. The molecule has 0 saturated heterocycles. The Kier molecular flexibility index (Phi) is 4.29. The molecule has 1 aliphatic rings. The number of fused-ring (bicyclic) bond motifs is 1. The Labute approximate surface area is 118 Å². The number of carbonyl (C=O) groups is 1. The van der Waals surface area contributed by atoms with Crippen LogP contribution >= 0.6 is 11.6 Å². The molecule has 0 aliphatic carbocycles. The maximum atomic E-state index is 12.8. The van der Waals surface area contributed by atoms with Crippen LogP contribution < -0.4 is 14.8 Å². The van der Waals surface area contributed by atoms with Crippen LogP contribution in [-0.2, 0) is 0 Å². The Balaban J connectivity index is 2.13. The van der Waals surface area contributed by atoms with Gasteiger partial charge in [0.05, 0.1) is 11.6 Å². The molecule has 0 spiro atoms. The van der Waals surface area contributed by atoms with Crippen LogP contribution in [0, 0.1) is 0 Å². The fourth-order valence-electron chi connectivity index (χ4n) is 1.61. The lowest BCUT2D eigenvalue weighted by Gasteiger charge is -2.20. The van der Waals surface area contributed by atoms with E-state index >= 15 is 0 Å². The lowest BCUT2D eigenvalue weighted by Crippen LogP contribution is -2.39. The van der Waals surface area contributed by atoms with Crippen LogP contribution in [0.2, 0.25) is 5.02 Å². The van der Waals surface area contributed by atoms with Crippen molar-refractivity contribution in [1.82, 2.24) is 5.32 Å². The number of ether oxygens (including phenoxy) is 2. The summed E-state index contributed by atoms with van der Waals surface area (Å²) < 4.78 is 36.3. The van der Waals surface area contributed by atoms with Crippen LogP contribution in [0.4, 0.5) is 8.78 Å². The highest BCUT2D eigenvalue weighted by Gasteiger charge is 2.28. The molecule has 1 amide bonds. The van der Waals surface area contributed by atoms with Crippen molar-refractivity contribution in [2.45, 2.75) is 5.92 Å². The molecule has 0 unspecified atom stereocenters. The number of aliphatic hydroxyl groups excluding tert-OH is 1. The van der Waals surface area contributed by atoms with Gasteiger partial charge in [0.15, 0.2) is 11.5 Å². The van der Waals surface area contributed by atoms with Crippen molar-refractivity contribution in [2.24, 2.45) is 0 Å². The number of hydrogen-bond acceptors (Lipinski definition) is 4. The number of aliphatic hydroxyl groups is 1. The Hall–Kier alpha value is -1.60. The molecule has 1 aromatic carbocycles. The van der Waals surface area contributed by atoms with Gasteiger partial charge in [0, 0.05) is 5.56 Å². The van der Waals surface area contributed by atoms with Crippen LogP contribution in [-0.4, -0.2) is 43.3 Å². The van der Waals surface area contributed by atoms with Gasteiger partial charge in [0.1, 0.15) is 19.8 Å². The largest absolute Gasteiger partial charge is 0.486 e.